The van der Waals surface area contributed by atoms with Crippen molar-refractivity contribution in [2.45, 2.75) is 19.9 Å². The van der Waals surface area contributed by atoms with Crippen LogP contribution < -0.4 is 15.5 Å². The molecule has 3 heterocycles. The summed E-state index contributed by atoms with van der Waals surface area (Å²) in [4.78, 5) is 35.4. The molecule has 0 radical (unpaired) electrons. The van der Waals surface area contributed by atoms with Crippen LogP contribution in [0.4, 0.5) is 15.9 Å². The van der Waals surface area contributed by atoms with Gasteiger partial charge in [-0.25, -0.2) is 9.97 Å². The third-order valence-electron chi connectivity index (χ3n) is 5.51. The van der Waals surface area contributed by atoms with Crippen LogP contribution in [0.2, 0.25) is 0 Å². The Balaban J connectivity index is 1.63. The molecule has 2 aromatic heterocycles. The van der Waals surface area contributed by atoms with Gasteiger partial charge >= 0.3 is 0 Å². The number of carbonyl (C=O) groups is 2. The van der Waals surface area contributed by atoms with Gasteiger partial charge in [-0.3, -0.25) is 14.5 Å². The lowest BCUT2D eigenvalue weighted by atomic mass is 10.1. The quantitative estimate of drug-likeness (QED) is 0.370. The summed E-state index contributed by atoms with van der Waals surface area (Å²) < 4.78 is 14.4. The van der Waals surface area contributed by atoms with Gasteiger partial charge in [0.2, 0.25) is 5.95 Å². The van der Waals surface area contributed by atoms with E-state index in [1.165, 1.54) is 13.1 Å². The van der Waals surface area contributed by atoms with Crippen LogP contribution in [0.3, 0.4) is 0 Å². The molecular weight excluding hydrogens is 411 g/mol. The van der Waals surface area contributed by atoms with Gasteiger partial charge in [0, 0.05) is 52.4 Å². The maximum Gasteiger partial charge on any atom is 0.269 e. The molecule has 1 aliphatic heterocycles. The van der Waals surface area contributed by atoms with Crippen molar-refractivity contribution < 1.29 is 14.0 Å². The number of aldehydes is 1. The standard InChI is InChI=1S/C23H29FN6O2/c1-4-16(15-31)13-17-5-6-18(27-22(17)25-2)14-29-9-11-30(12-10-29)20-8-7-19(23(32)26-3)28-21(20)24/h5-8,13,15H,4,9-12,14H2,1-3H3,(H,25,27)(H,26,32)/b16-13-. The molecule has 0 aliphatic carbocycles. The molecule has 0 spiro atoms. The van der Waals surface area contributed by atoms with E-state index in [2.05, 4.69) is 20.5 Å². The smallest absolute Gasteiger partial charge is 0.269 e. The normalized spacial score (nSPS) is 14.9. The Bertz CT molecular complexity index is 1000. The van der Waals surface area contributed by atoms with Crippen LogP contribution in [-0.4, -0.2) is 67.3 Å². The number of halogens is 1. The van der Waals surface area contributed by atoms with E-state index in [4.69, 9.17) is 4.98 Å². The summed E-state index contributed by atoms with van der Waals surface area (Å²) in [5, 5.41) is 5.55. The van der Waals surface area contributed by atoms with Gasteiger partial charge in [0.1, 0.15) is 17.8 Å². The molecule has 2 N–H and O–H groups in total. The fraction of sp³-hybridized carbons (Fsp3) is 0.391. The Morgan fingerprint density at radius 1 is 1.12 bits per heavy atom. The minimum atomic E-state index is -0.634. The van der Waals surface area contributed by atoms with Crippen LogP contribution >= 0.6 is 0 Å². The van der Waals surface area contributed by atoms with Crippen molar-refractivity contribution in [3.8, 4) is 0 Å². The Morgan fingerprint density at radius 3 is 2.47 bits per heavy atom. The summed E-state index contributed by atoms with van der Waals surface area (Å²) in [6.45, 7) is 5.42. The first-order valence-corrected chi connectivity index (χ1v) is 10.7. The molecule has 1 fully saturated rings. The van der Waals surface area contributed by atoms with Gasteiger partial charge in [-0.05, 0) is 42.3 Å². The summed E-state index contributed by atoms with van der Waals surface area (Å²) >= 11 is 0. The zero-order chi connectivity index (χ0) is 23.1. The Labute approximate surface area is 187 Å². The van der Waals surface area contributed by atoms with E-state index in [1.807, 2.05) is 37.1 Å². The molecule has 170 valence electrons. The van der Waals surface area contributed by atoms with Crippen molar-refractivity contribution in [2.75, 3.05) is 50.5 Å². The van der Waals surface area contributed by atoms with Gasteiger partial charge in [0.05, 0.1) is 11.4 Å². The largest absolute Gasteiger partial charge is 0.373 e. The van der Waals surface area contributed by atoms with E-state index >= 15 is 0 Å². The van der Waals surface area contributed by atoms with E-state index in [-0.39, 0.29) is 5.69 Å². The number of piperazine rings is 1. The molecule has 0 unspecified atom stereocenters. The third kappa shape index (κ3) is 5.47. The van der Waals surface area contributed by atoms with Crippen molar-refractivity contribution in [3.05, 3.63) is 52.7 Å². The molecule has 1 aliphatic rings. The number of rotatable bonds is 8. The van der Waals surface area contributed by atoms with Gasteiger partial charge in [-0.2, -0.15) is 4.39 Å². The second kappa shape index (κ2) is 10.8. The summed E-state index contributed by atoms with van der Waals surface area (Å²) in [5.41, 5.74) is 3.00. The summed E-state index contributed by atoms with van der Waals surface area (Å²) in [5.74, 6) is -0.309. The van der Waals surface area contributed by atoms with E-state index in [9.17, 15) is 14.0 Å². The SMILES string of the molecule is CC/C(C=O)=C/c1ccc(CN2CCN(c3ccc(C(=O)NC)nc3F)CC2)nc1NC. The average molecular weight is 441 g/mol. The molecule has 0 saturated carbocycles. The molecule has 8 nitrogen and oxygen atoms in total. The number of hydrogen-bond acceptors (Lipinski definition) is 7. The lowest BCUT2D eigenvalue weighted by molar-refractivity contribution is -0.104. The van der Waals surface area contributed by atoms with Crippen molar-refractivity contribution in [3.63, 3.8) is 0 Å². The van der Waals surface area contributed by atoms with Crippen LogP contribution in [0.25, 0.3) is 6.08 Å². The molecule has 0 atom stereocenters. The minimum Gasteiger partial charge on any atom is -0.373 e. The summed E-state index contributed by atoms with van der Waals surface area (Å²) in [6.07, 6.45) is 3.40. The molecule has 0 aromatic carbocycles. The maximum atomic E-state index is 14.4. The molecular formula is C23H29FN6O2. The Morgan fingerprint density at radius 2 is 1.88 bits per heavy atom. The number of carbonyl (C=O) groups excluding carboxylic acids is 2. The lowest BCUT2D eigenvalue weighted by Crippen LogP contribution is -2.46. The van der Waals surface area contributed by atoms with Gasteiger partial charge in [-0.15, -0.1) is 0 Å². The zero-order valence-corrected chi connectivity index (χ0v) is 18.7. The number of pyridine rings is 2. The molecule has 2 aromatic rings. The van der Waals surface area contributed by atoms with Crippen LogP contribution in [0.15, 0.2) is 29.8 Å². The van der Waals surface area contributed by atoms with Gasteiger partial charge in [-0.1, -0.05) is 6.92 Å². The summed E-state index contributed by atoms with van der Waals surface area (Å²) in [6, 6.07) is 7.09. The highest BCUT2D eigenvalue weighted by Gasteiger charge is 2.21. The number of allylic oxidation sites excluding steroid dienone is 1. The molecule has 32 heavy (non-hydrogen) atoms. The Kier molecular flexibility index (Phi) is 7.88. The monoisotopic (exact) mass is 440 g/mol. The Hall–Kier alpha value is -3.33. The number of nitrogens with zero attached hydrogens (tertiary/aromatic N) is 4. The van der Waals surface area contributed by atoms with E-state index in [0.717, 1.165) is 42.0 Å². The number of aromatic nitrogens is 2. The average Bonchev–Trinajstić information content (AvgIpc) is 2.83. The topological polar surface area (TPSA) is 90.5 Å². The predicted octanol–water partition coefficient (Wildman–Crippen LogP) is 2.33. The van der Waals surface area contributed by atoms with Crippen molar-refractivity contribution in [1.29, 1.82) is 0 Å². The molecule has 1 amide bonds. The lowest BCUT2D eigenvalue weighted by Gasteiger charge is -2.35. The number of amides is 1. The van der Waals surface area contributed by atoms with Crippen LogP contribution in [-0.2, 0) is 11.3 Å². The highest BCUT2D eigenvalue weighted by molar-refractivity contribution is 5.92. The van der Waals surface area contributed by atoms with Crippen molar-refractivity contribution in [1.82, 2.24) is 20.2 Å². The van der Waals surface area contributed by atoms with E-state index in [0.29, 0.717) is 31.7 Å². The molecule has 9 heteroatoms. The zero-order valence-electron chi connectivity index (χ0n) is 18.7. The fourth-order valence-corrected chi connectivity index (χ4v) is 3.63. The second-order valence-electron chi connectivity index (χ2n) is 7.53. The van der Waals surface area contributed by atoms with Gasteiger partial charge < -0.3 is 15.5 Å². The first-order chi connectivity index (χ1) is 15.5. The maximum absolute atomic E-state index is 14.4. The molecule has 0 bridgehead atoms. The number of hydrogen-bond donors (Lipinski definition) is 2. The number of nitrogens with one attached hydrogen (secondary N) is 2. The van der Waals surface area contributed by atoms with Gasteiger partial charge in [0.25, 0.3) is 5.91 Å². The van der Waals surface area contributed by atoms with Crippen LogP contribution in [0, 0.1) is 5.95 Å². The third-order valence-corrected chi connectivity index (χ3v) is 5.51. The second-order valence-corrected chi connectivity index (χ2v) is 7.53. The van der Waals surface area contributed by atoms with Crippen LogP contribution in [0.1, 0.15) is 35.1 Å². The number of anilines is 2. The van der Waals surface area contributed by atoms with Crippen molar-refractivity contribution >= 4 is 29.8 Å². The first kappa shape index (κ1) is 23.3. The molecule has 1 saturated heterocycles. The minimum absolute atomic E-state index is 0.0660. The predicted molar refractivity (Wildman–Crippen MR) is 123 cm³/mol. The van der Waals surface area contributed by atoms with Crippen molar-refractivity contribution in [2.24, 2.45) is 0 Å². The first-order valence-electron chi connectivity index (χ1n) is 10.7. The van der Waals surface area contributed by atoms with Crippen LogP contribution in [0.5, 0.6) is 0 Å². The van der Waals surface area contributed by atoms with E-state index in [1.54, 1.807) is 6.07 Å². The van der Waals surface area contributed by atoms with E-state index < -0.39 is 11.9 Å². The highest BCUT2D eigenvalue weighted by Crippen LogP contribution is 2.22. The highest BCUT2D eigenvalue weighted by atomic mass is 19.1. The fourth-order valence-electron chi connectivity index (χ4n) is 3.63. The summed E-state index contributed by atoms with van der Waals surface area (Å²) in [7, 11) is 3.30. The molecule has 3 rings (SSSR count). The van der Waals surface area contributed by atoms with Gasteiger partial charge in [0.15, 0.2) is 0 Å².